The molecule has 0 saturated carbocycles. The van der Waals surface area contributed by atoms with Crippen molar-refractivity contribution in [3.63, 3.8) is 0 Å². The number of aromatic nitrogens is 3. The highest BCUT2D eigenvalue weighted by Gasteiger charge is 2.52. The molecule has 8 aliphatic heterocycles. The van der Waals surface area contributed by atoms with Crippen molar-refractivity contribution in [2.75, 3.05) is 54.6 Å². The standard InChI is InChI=1S/C21H15F2N3O4.C21H16FN3O4.C20H16N4O4.C19H17N5O4/c1-30-15-5-3-13-10-26(18(27)16(13)9-15)11-21(19(28)24-20(29)25-21)7-6-12-2-4-14(22)8-17(12)23;1-29-16-7-4-14-11-25(18(26)17(14)10-16)12-21(19(27)23-20(28)24-21)9-8-13-2-5-15(22)6-3-13;1-28-15-5-4-14-11-24(17(25)16(14)9-15)12-20(18(26)22-19(27)23-20)7-6-13-3-2-8-21-10-13;1-23-9-12(8-20-23)5-6-19(17(26)21-18(27)22-19)11-24-10-13-3-4-14(28-2)7-15(13)16(24)25/h2-5,8-9H,10-11H2,1H3,(H2,24,25,28,29);2-7,10H,11-12H2,1H3,(H2,23,24,27,28);2-5,8-10H,11-12H2,1H3,(H2,22,23,26,27);3-4,7-9H,10-11H2,1-2H3,(H2,21,22,26,27). The molecular weight excluding hydrogens is 1500 g/mol. The van der Waals surface area contributed by atoms with Gasteiger partial charge >= 0.3 is 24.1 Å². The summed E-state index contributed by atoms with van der Waals surface area (Å²) in [5.41, 5.74) is 0.175. The van der Waals surface area contributed by atoms with Crippen LogP contribution in [0.25, 0.3) is 0 Å². The summed E-state index contributed by atoms with van der Waals surface area (Å²) < 4.78 is 62.4. The van der Waals surface area contributed by atoms with Crippen molar-refractivity contribution < 1.29 is 89.7 Å². The van der Waals surface area contributed by atoms with Crippen molar-refractivity contribution in [3.05, 3.63) is 236 Å². The van der Waals surface area contributed by atoms with Crippen molar-refractivity contribution in [2.24, 2.45) is 7.05 Å². The number of halogens is 3. The fraction of sp³-hybridized carbons (Fsp3) is 0.210. The summed E-state index contributed by atoms with van der Waals surface area (Å²) in [4.78, 5) is 158. The van der Waals surface area contributed by atoms with Gasteiger partial charge in [-0.3, -0.25) is 69.3 Å². The minimum Gasteiger partial charge on any atom is -0.497 e. The van der Waals surface area contributed by atoms with Gasteiger partial charge in [0.15, 0.2) is 0 Å². The van der Waals surface area contributed by atoms with E-state index >= 15 is 0 Å². The highest BCUT2D eigenvalue weighted by atomic mass is 19.1. The van der Waals surface area contributed by atoms with Crippen LogP contribution in [0.2, 0.25) is 0 Å². The molecular formula is C81H64F3N15O16. The zero-order chi connectivity index (χ0) is 81.7. The number of carbonyl (C=O) groups excluding carboxylic acids is 12. The Labute approximate surface area is 651 Å². The van der Waals surface area contributed by atoms with E-state index in [1.165, 1.54) is 72.3 Å². The normalized spacial score (nSPS) is 20.0. The van der Waals surface area contributed by atoms with Crippen LogP contribution in [0.1, 0.15) is 85.9 Å². The van der Waals surface area contributed by atoms with Gasteiger partial charge in [-0.1, -0.05) is 71.6 Å². The van der Waals surface area contributed by atoms with Crippen LogP contribution in [-0.2, 0) is 52.4 Å². The number of amides is 16. The summed E-state index contributed by atoms with van der Waals surface area (Å²) in [7, 11) is 7.80. The fourth-order valence-corrected chi connectivity index (χ4v) is 13.2. The molecule has 0 radical (unpaired) electrons. The van der Waals surface area contributed by atoms with Crippen molar-refractivity contribution in [1.29, 1.82) is 0 Å². The third kappa shape index (κ3) is 16.4. The van der Waals surface area contributed by atoms with Gasteiger partial charge in [-0.2, -0.15) is 5.10 Å². The molecule has 4 atom stereocenters. The molecule has 34 heteroatoms. The monoisotopic (exact) mass is 1560 g/mol. The first-order valence-electron chi connectivity index (χ1n) is 34.7. The van der Waals surface area contributed by atoms with Crippen molar-refractivity contribution in [1.82, 2.24) is 76.9 Å². The molecule has 580 valence electrons. The number of imide groups is 4. The number of methoxy groups -OCH3 is 4. The summed E-state index contributed by atoms with van der Waals surface area (Å²) in [6.45, 7) is 0.582. The molecule has 4 saturated heterocycles. The Kier molecular flexibility index (Phi) is 21.5. The summed E-state index contributed by atoms with van der Waals surface area (Å²) in [5, 5.41) is 22.8. The fourth-order valence-electron chi connectivity index (χ4n) is 13.2. The SMILES string of the molecule is COc1ccc2c(c1)C(=O)N(CC1(C#Cc3ccc(F)cc3)NC(=O)NC1=O)C2.COc1ccc2c(c1)C(=O)N(CC1(C#Cc3ccc(F)cc3F)NC(=O)NC1=O)C2.COc1ccc2c(c1)C(=O)N(CC1(C#Cc3cccnc3)NC(=O)NC1=O)C2.COc1ccc2c(c1)C(=O)N(CC1(C#Cc3cnn(C)c3)NC(=O)NC1=O)C2. The molecule has 8 aliphatic rings. The highest BCUT2D eigenvalue weighted by molar-refractivity contribution is 6.13. The van der Waals surface area contributed by atoms with Crippen LogP contribution >= 0.6 is 0 Å². The van der Waals surface area contributed by atoms with Crippen LogP contribution in [0.3, 0.4) is 0 Å². The Bertz CT molecular complexity index is 5740. The number of hydrogen-bond acceptors (Lipinski definition) is 18. The molecule has 8 N–H and O–H groups in total. The van der Waals surface area contributed by atoms with Gasteiger partial charge in [0.2, 0.25) is 22.2 Å². The Morgan fingerprint density at radius 3 is 1.03 bits per heavy atom. The van der Waals surface area contributed by atoms with Crippen LogP contribution < -0.4 is 61.5 Å². The maximum absolute atomic E-state index is 13.9. The zero-order valence-corrected chi connectivity index (χ0v) is 61.4. The molecule has 0 bridgehead atoms. The van der Waals surface area contributed by atoms with Crippen LogP contribution in [0.5, 0.6) is 23.0 Å². The lowest BCUT2D eigenvalue weighted by atomic mass is 9.99. The smallest absolute Gasteiger partial charge is 0.323 e. The first-order valence-corrected chi connectivity index (χ1v) is 34.7. The van der Waals surface area contributed by atoms with Crippen molar-refractivity contribution in [2.45, 2.75) is 48.3 Å². The highest BCUT2D eigenvalue weighted by Crippen LogP contribution is 2.34. The molecule has 2 aromatic heterocycles. The van der Waals surface area contributed by atoms with E-state index in [1.54, 1.807) is 109 Å². The first-order chi connectivity index (χ1) is 55.1. The quantitative estimate of drug-likeness (QED) is 0.0639. The minimum atomic E-state index is -1.78. The van der Waals surface area contributed by atoms with E-state index in [4.69, 9.17) is 18.9 Å². The number of benzene rings is 6. The number of pyridine rings is 1. The van der Waals surface area contributed by atoms with Crippen LogP contribution in [0, 0.1) is 64.8 Å². The number of hydrogen-bond donors (Lipinski definition) is 8. The molecule has 0 aliphatic carbocycles. The lowest BCUT2D eigenvalue weighted by Gasteiger charge is -2.26. The number of rotatable bonds is 12. The number of nitrogens with zero attached hydrogens (tertiary/aromatic N) is 7. The van der Waals surface area contributed by atoms with Gasteiger partial charge in [0.1, 0.15) is 40.4 Å². The molecule has 8 aromatic rings. The zero-order valence-electron chi connectivity index (χ0n) is 61.4. The number of ether oxygens (including phenoxy) is 4. The minimum absolute atomic E-state index is 0.0757. The number of carbonyl (C=O) groups is 12. The second-order valence-corrected chi connectivity index (χ2v) is 26.8. The Balaban J connectivity index is 0.000000134. The Hall–Kier alpha value is -15.5. The van der Waals surface area contributed by atoms with E-state index < -0.39 is 87.4 Å². The van der Waals surface area contributed by atoms with Gasteiger partial charge in [0, 0.05) is 91.3 Å². The first kappa shape index (κ1) is 77.7. The van der Waals surface area contributed by atoms with Gasteiger partial charge < -0.3 is 59.8 Å². The number of fused-ring (bicyclic) bond motifs is 4. The van der Waals surface area contributed by atoms with Crippen LogP contribution in [0.4, 0.5) is 32.3 Å². The van der Waals surface area contributed by atoms with Gasteiger partial charge in [0.25, 0.3) is 47.3 Å². The molecule has 16 rings (SSSR count). The molecule has 4 unspecified atom stereocenters. The van der Waals surface area contributed by atoms with Gasteiger partial charge in [-0.25, -0.2) is 32.3 Å². The van der Waals surface area contributed by atoms with E-state index in [0.29, 0.717) is 81.1 Å². The second kappa shape index (κ2) is 31.9. The van der Waals surface area contributed by atoms with E-state index in [1.807, 2.05) is 12.1 Å². The van der Waals surface area contributed by atoms with Crippen LogP contribution in [0.15, 0.2) is 152 Å². The summed E-state index contributed by atoms with van der Waals surface area (Å²) in [6, 6.07) is 29.7. The van der Waals surface area contributed by atoms with E-state index in [0.717, 1.165) is 34.4 Å². The number of urea groups is 4. The molecule has 6 aromatic carbocycles. The summed E-state index contributed by atoms with van der Waals surface area (Å²) in [5.74, 6) is 18.4. The second-order valence-electron chi connectivity index (χ2n) is 26.8. The molecule has 10 heterocycles. The number of nitrogens with one attached hydrogen (secondary N) is 8. The van der Waals surface area contributed by atoms with Crippen LogP contribution in [-0.4, -0.2) is 183 Å². The predicted molar refractivity (Wildman–Crippen MR) is 396 cm³/mol. The Morgan fingerprint density at radius 1 is 0.391 bits per heavy atom. The maximum Gasteiger partial charge on any atom is 0.323 e. The number of aryl methyl sites for hydroxylation is 1. The molecule has 0 spiro atoms. The topological polar surface area (TPSA) is 382 Å². The summed E-state index contributed by atoms with van der Waals surface area (Å²) >= 11 is 0. The third-order valence-electron chi connectivity index (χ3n) is 19.1. The van der Waals surface area contributed by atoms with Gasteiger partial charge in [0.05, 0.1) is 71.9 Å². The molecule has 115 heavy (non-hydrogen) atoms. The predicted octanol–water partition coefficient (Wildman–Crippen LogP) is 3.67. The van der Waals surface area contributed by atoms with Gasteiger partial charge in [-0.15, -0.1) is 0 Å². The van der Waals surface area contributed by atoms with Crippen molar-refractivity contribution >= 4 is 71.4 Å². The van der Waals surface area contributed by atoms with Crippen molar-refractivity contribution in [3.8, 4) is 70.4 Å². The average Bonchev–Trinajstić information content (AvgIpc) is 1.63. The lowest BCUT2D eigenvalue weighted by Crippen LogP contribution is -2.54. The van der Waals surface area contributed by atoms with E-state index in [-0.39, 0.29) is 68.5 Å². The largest absolute Gasteiger partial charge is 0.497 e. The molecule has 16 amide bonds. The molecule has 31 nitrogen and oxygen atoms in total. The lowest BCUT2D eigenvalue weighted by molar-refractivity contribution is -0.123. The van der Waals surface area contributed by atoms with E-state index in [2.05, 4.69) is 100.0 Å². The average molecular weight is 1560 g/mol. The van der Waals surface area contributed by atoms with Gasteiger partial charge in [-0.05, 0) is 119 Å². The third-order valence-corrected chi connectivity index (χ3v) is 19.1. The summed E-state index contributed by atoms with van der Waals surface area (Å²) in [6.07, 6.45) is 6.41. The van der Waals surface area contributed by atoms with E-state index in [9.17, 15) is 70.7 Å². The molecule has 4 fully saturated rings. The maximum atomic E-state index is 13.9. The Morgan fingerprint density at radius 2 is 0.730 bits per heavy atom.